The molecule has 0 rings (SSSR count). The second kappa shape index (κ2) is 2.59. The van der Waals surface area contributed by atoms with Gasteiger partial charge in [-0.25, -0.2) is 0 Å². The summed E-state index contributed by atoms with van der Waals surface area (Å²) in [5.74, 6) is 0. The predicted octanol–water partition coefficient (Wildman–Crippen LogP) is -0.327. The van der Waals surface area contributed by atoms with E-state index in [0.717, 1.165) is 0 Å². The molecule has 0 spiro atoms. The monoisotopic (exact) mass is 116 g/mol. The fourth-order valence-electron chi connectivity index (χ4n) is 0. The van der Waals surface area contributed by atoms with E-state index in [4.69, 9.17) is 7.01 Å². The summed E-state index contributed by atoms with van der Waals surface area (Å²) in [6.07, 6.45) is 0. The summed E-state index contributed by atoms with van der Waals surface area (Å²) in [6, 6.07) is 0. The molecular formula is HFO3Ti. The van der Waals surface area contributed by atoms with Crippen LogP contribution >= 0.6 is 0 Å². The third-order valence-corrected chi connectivity index (χ3v) is 0.272. The average molecular weight is 116 g/mol. The van der Waals surface area contributed by atoms with Gasteiger partial charge in [0.2, 0.25) is 0 Å². The Morgan fingerprint density at radius 2 is 2.20 bits per heavy atom. The van der Waals surface area contributed by atoms with Crippen LogP contribution in [0.15, 0.2) is 0 Å². The Morgan fingerprint density at radius 1 is 2.00 bits per heavy atom. The van der Waals surface area contributed by atoms with Crippen molar-refractivity contribution in [3.8, 4) is 0 Å². The molecule has 30 valence electrons. The summed E-state index contributed by atoms with van der Waals surface area (Å²) in [5, 5.41) is 0. The molecule has 0 atom stereocenters. The Labute approximate surface area is 34.4 Å². The molecular weight excluding hydrogens is 115 g/mol. The zero-order chi connectivity index (χ0) is 4.28. The van der Waals surface area contributed by atoms with Gasteiger partial charge in [-0.2, -0.15) is 0 Å². The Balaban J connectivity index is 2.85. The third kappa shape index (κ3) is 4.36. The van der Waals surface area contributed by atoms with E-state index >= 15 is 0 Å². The van der Waals surface area contributed by atoms with Crippen LogP contribution in [0.4, 0.5) is 4.53 Å². The molecule has 0 saturated heterocycles. The molecule has 0 bridgehead atoms. The molecule has 3 nitrogen and oxygen atoms in total. The van der Waals surface area contributed by atoms with Crippen molar-refractivity contribution in [3.05, 3.63) is 0 Å². The van der Waals surface area contributed by atoms with Crippen LogP contribution in [0.25, 0.3) is 0 Å². The maximum absolute atomic E-state index is 10.1. The third-order valence-electron chi connectivity index (χ3n) is 0.0660. The maximum atomic E-state index is 10.1. The SMILES string of the molecule is [O]=[Ti]([OH])[O]F. The first-order chi connectivity index (χ1) is 2.27. The molecule has 5 heteroatoms. The van der Waals surface area contributed by atoms with E-state index in [1.54, 1.807) is 0 Å². The summed E-state index contributed by atoms with van der Waals surface area (Å²) in [7, 11) is 0. The van der Waals surface area contributed by atoms with E-state index in [1.807, 2.05) is 0 Å². The first-order valence-electron chi connectivity index (χ1n) is 0.786. The number of rotatable bonds is 1. The van der Waals surface area contributed by atoms with E-state index < -0.39 is 18.6 Å². The fourth-order valence-corrected chi connectivity index (χ4v) is 0. The molecule has 0 aliphatic heterocycles. The van der Waals surface area contributed by atoms with Gasteiger partial charge < -0.3 is 0 Å². The van der Waals surface area contributed by atoms with Crippen molar-refractivity contribution in [1.29, 1.82) is 0 Å². The van der Waals surface area contributed by atoms with Crippen LogP contribution in [0.2, 0.25) is 0 Å². The number of hydrogen-bond acceptors (Lipinski definition) is 2. The standard InChI is InChI=1S/FO.H2O.O.Ti/c1-2;;;/h;1H2;;/q-1;;;+2/p-1. The van der Waals surface area contributed by atoms with Gasteiger partial charge in [0.25, 0.3) is 0 Å². The Morgan fingerprint density at radius 3 is 2.20 bits per heavy atom. The van der Waals surface area contributed by atoms with Crippen molar-refractivity contribution in [2.75, 3.05) is 0 Å². The van der Waals surface area contributed by atoms with Crippen molar-refractivity contribution in [2.24, 2.45) is 0 Å². The molecule has 0 aromatic heterocycles. The normalized spacial score (nSPS) is 7.60. The van der Waals surface area contributed by atoms with Gasteiger partial charge in [0.15, 0.2) is 0 Å². The molecule has 0 aliphatic carbocycles. The zero-order valence-corrected chi connectivity index (χ0v) is 3.70. The molecule has 0 radical (unpaired) electrons. The quantitative estimate of drug-likeness (QED) is 0.477. The van der Waals surface area contributed by atoms with Crippen LogP contribution in [-0.2, 0) is 25.5 Å². The van der Waals surface area contributed by atoms with Gasteiger partial charge in [-0.3, -0.25) is 0 Å². The second-order valence-corrected chi connectivity index (χ2v) is 1.41. The Kier molecular flexibility index (Phi) is 2.78. The van der Waals surface area contributed by atoms with Crippen LogP contribution in [-0.4, -0.2) is 3.69 Å². The number of halogens is 1. The van der Waals surface area contributed by atoms with Gasteiger partial charge in [-0.1, -0.05) is 0 Å². The van der Waals surface area contributed by atoms with E-state index in [2.05, 4.69) is 3.52 Å². The molecule has 0 amide bonds. The summed E-state index contributed by atoms with van der Waals surface area (Å²) in [6.45, 7) is 0. The van der Waals surface area contributed by atoms with Gasteiger partial charge in [-0.15, -0.1) is 0 Å². The van der Waals surface area contributed by atoms with E-state index in [9.17, 15) is 4.53 Å². The van der Waals surface area contributed by atoms with E-state index in [-0.39, 0.29) is 0 Å². The van der Waals surface area contributed by atoms with Crippen LogP contribution in [0.1, 0.15) is 0 Å². The Hall–Kier alpha value is 0.364. The molecule has 0 unspecified atom stereocenters. The van der Waals surface area contributed by atoms with Crippen LogP contribution in [0, 0.1) is 0 Å². The molecule has 5 heavy (non-hydrogen) atoms. The molecule has 0 heterocycles. The average Bonchev–Trinajstić information content (AvgIpc) is 1.38. The van der Waals surface area contributed by atoms with Crippen molar-refractivity contribution >= 4 is 0 Å². The van der Waals surface area contributed by atoms with Gasteiger partial charge in [0, 0.05) is 0 Å². The van der Waals surface area contributed by atoms with E-state index in [0.29, 0.717) is 0 Å². The molecule has 0 aromatic carbocycles. The van der Waals surface area contributed by atoms with Crippen LogP contribution < -0.4 is 0 Å². The molecule has 0 fully saturated rings. The fraction of sp³-hybridized carbons (Fsp3) is 0. The van der Waals surface area contributed by atoms with Crippen molar-refractivity contribution in [2.45, 2.75) is 0 Å². The summed E-state index contributed by atoms with van der Waals surface area (Å²) < 4.78 is 28.9. The molecule has 0 aromatic rings. The van der Waals surface area contributed by atoms with Crippen molar-refractivity contribution in [3.63, 3.8) is 0 Å². The predicted molar refractivity (Wildman–Crippen MR) is 5.10 cm³/mol. The molecule has 1 N–H and O–H groups in total. The minimum atomic E-state index is -3.77. The molecule has 0 saturated carbocycles. The van der Waals surface area contributed by atoms with Crippen molar-refractivity contribution in [1.82, 2.24) is 0 Å². The molecule has 0 aliphatic rings. The van der Waals surface area contributed by atoms with Gasteiger partial charge >= 0.3 is 33.7 Å². The van der Waals surface area contributed by atoms with Gasteiger partial charge in [-0.05, 0) is 0 Å². The number of hydrogen-bond donors (Lipinski definition) is 1. The summed E-state index contributed by atoms with van der Waals surface area (Å²) in [4.78, 5) is 0. The van der Waals surface area contributed by atoms with Crippen LogP contribution in [0.5, 0.6) is 0 Å². The summed E-state index contributed by atoms with van der Waals surface area (Å²) in [5.41, 5.74) is 0. The van der Waals surface area contributed by atoms with Gasteiger partial charge in [0.05, 0.1) is 0 Å². The van der Waals surface area contributed by atoms with Gasteiger partial charge in [0.1, 0.15) is 0 Å². The first kappa shape index (κ1) is 5.36. The van der Waals surface area contributed by atoms with Crippen molar-refractivity contribution < 1.29 is 33.7 Å². The Bertz CT molecular complexity index is 42.2. The second-order valence-electron chi connectivity index (χ2n) is 0.343. The van der Waals surface area contributed by atoms with Crippen LogP contribution in [0.3, 0.4) is 0 Å². The van der Waals surface area contributed by atoms with E-state index in [1.165, 1.54) is 0 Å². The minimum absolute atomic E-state index is 2.42. The first-order valence-corrected chi connectivity index (χ1v) is 2.76. The topological polar surface area (TPSA) is 46.5 Å². The zero-order valence-electron chi connectivity index (χ0n) is 2.14. The summed E-state index contributed by atoms with van der Waals surface area (Å²) >= 11 is -3.77.